The minimum Gasteiger partial charge on any atom is -0.326 e. The first-order valence-corrected chi connectivity index (χ1v) is 9.34. The lowest BCUT2D eigenvalue weighted by atomic mass is 9.94. The van der Waals surface area contributed by atoms with Crippen LogP contribution in [0.25, 0.3) is 0 Å². The van der Waals surface area contributed by atoms with Crippen LogP contribution >= 0.6 is 0 Å². The van der Waals surface area contributed by atoms with Gasteiger partial charge in [0.25, 0.3) is 11.8 Å². The van der Waals surface area contributed by atoms with E-state index >= 15 is 0 Å². The SMILES string of the molecule is CN(C#N)C(=O)[C@H](CC(F)(F)CC1CC1)NC(=O)N1CCC2(CC1)CC2. The van der Waals surface area contributed by atoms with Crippen LogP contribution in [0.2, 0.25) is 0 Å². The van der Waals surface area contributed by atoms with E-state index in [-0.39, 0.29) is 12.3 Å². The van der Waals surface area contributed by atoms with E-state index in [0.717, 1.165) is 25.7 Å². The van der Waals surface area contributed by atoms with Gasteiger partial charge in [-0.1, -0.05) is 0 Å². The van der Waals surface area contributed by atoms with E-state index in [1.807, 2.05) is 0 Å². The molecule has 1 N–H and O–H groups in total. The molecule has 8 heteroatoms. The summed E-state index contributed by atoms with van der Waals surface area (Å²) in [7, 11) is 1.22. The number of likely N-dealkylation sites (N-methyl/N-ethyl adjacent to an activating group) is 1. The van der Waals surface area contributed by atoms with Gasteiger partial charge in [-0.25, -0.2) is 13.6 Å². The maximum absolute atomic E-state index is 14.3. The Morgan fingerprint density at radius 1 is 1.31 bits per heavy atom. The first-order valence-electron chi connectivity index (χ1n) is 9.34. The van der Waals surface area contributed by atoms with Crippen LogP contribution in [-0.2, 0) is 4.79 Å². The number of amides is 3. The van der Waals surface area contributed by atoms with Crippen LogP contribution in [-0.4, -0.2) is 53.8 Å². The van der Waals surface area contributed by atoms with Gasteiger partial charge in [-0.05, 0) is 49.9 Å². The Morgan fingerprint density at radius 2 is 1.92 bits per heavy atom. The summed E-state index contributed by atoms with van der Waals surface area (Å²) in [6.45, 7) is 1.17. The summed E-state index contributed by atoms with van der Waals surface area (Å²) >= 11 is 0. The summed E-state index contributed by atoms with van der Waals surface area (Å²) in [5.41, 5.74) is 0.393. The van der Waals surface area contributed by atoms with Gasteiger partial charge in [-0.15, -0.1) is 0 Å². The third kappa shape index (κ3) is 4.63. The molecule has 144 valence electrons. The van der Waals surface area contributed by atoms with Gasteiger partial charge in [0.05, 0.1) is 0 Å². The van der Waals surface area contributed by atoms with Gasteiger partial charge in [-0.3, -0.25) is 9.69 Å². The highest BCUT2D eigenvalue weighted by Gasteiger charge is 2.46. The van der Waals surface area contributed by atoms with Gasteiger partial charge in [0.15, 0.2) is 6.19 Å². The van der Waals surface area contributed by atoms with E-state index in [1.165, 1.54) is 19.9 Å². The normalized spacial score (nSPS) is 22.5. The molecule has 0 bridgehead atoms. The minimum absolute atomic E-state index is 0.00183. The number of nitrogens with zero attached hydrogens (tertiary/aromatic N) is 3. The second-order valence-corrected chi connectivity index (χ2v) is 8.19. The van der Waals surface area contributed by atoms with Gasteiger partial charge in [0.2, 0.25) is 0 Å². The number of carbonyl (C=O) groups is 2. The number of hydrogen-bond acceptors (Lipinski definition) is 3. The van der Waals surface area contributed by atoms with Crippen molar-refractivity contribution in [1.29, 1.82) is 5.26 Å². The molecule has 3 aliphatic rings. The van der Waals surface area contributed by atoms with Crippen molar-refractivity contribution in [3.63, 3.8) is 0 Å². The first kappa shape index (κ1) is 18.9. The van der Waals surface area contributed by atoms with Crippen LogP contribution in [0.3, 0.4) is 0 Å². The Labute approximate surface area is 152 Å². The molecule has 0 radical (unpaired) electrons. The highest BCUT2D eigenvalue weighted by atomic mass is 19.3. The summed E-state index contributed by atoms with van der Waals surface area (Å²) in [6.07, 6.45) is 6.41. The molecule has 3 rings (SSSR count). The molecule has 0 unspecified atom stereocenters. The number of rotatable bonds is 6. The molecule has 0 aromatic carbocycles. The molecule has 1 atom stereocenters. The number of likely N-dealkylation sites (tertiary alicyclic amines) is 1. The minimum atomic E-state index is -3.04. The molecule has 3 amide bonds. The van der Waals surface area contributed by atoms with Crippen molar-refractivity contribution in [3.05, 3.63) is 0 Å². The zero-order chi connectivity index (χ0) is 18.9. The third-order valence-electron chi connectivity index (χ3n) is 5.93. The van der Waals surface area contributed by atoms with Crippen molar-refractivity contribution in [2.75, 3.05) is 20.1 Å². The molecule has 3 fully saturated rings. The standard InChI is InChI=1S/C18H26F2N4O2/c1-23(12-21)15(25)14(11-18(19,20)10-13-2-3-13)22-16(26)24-8-6-17(4-5-17)7-9-24/h13-14H,2-11H2,1H3,(H,22,26)/t14-/m0/s1. The quantitative estimate of drug-likeness (QED) is 0.578. The lowest BCUT2D eigenvalue weighted by molar-refractivity contribution is -0.132. The highest BCUT2D eigenvalue weighted by Crippen LogP contribution is 2.53. The maximum Gasteiger partial charge on any atom is 0.318 e. The molecule has 26 heavy (non-hydrogen) atoms. The highest BCUT2D eigenvalue weighted by molar-refractivity contribution is 5.87. The van der Waals surface area contributed by atoms with Crippen molar-refractivity contribution >= 4 is 11.9 Å². The van der Waals surface area contributed by atoms with Crippen LogP contribution in [0.4, 0.5) is 13.6 Å². The van der Waals surface area contributed by atoms with Crippen LogP contribution < -0.4 is 5.32 Å². The van der Waals surface area contributed by atoms with Gasteiger partial charge in [-0.2, -0.15) is 5.26 Å². The van der Waals surface area contributed by atoms with E-state index in [2.05, 4.69) is 5.32 Å². The fourth-order valence-electron chi connectivity index (χ4n) is 3.71. The van der Waals surface area contributed by atoms with Gasteiger partial charge in [0.1, 0.15) is 6.04 Å². The number of halogens is 2. The van der Waals surface area contributed by atoms with Gasteiger partial charge >= 0.3 is 6.03 Å². The van der Waals surface area contributed by atoms with Gasteiger partial charge in [0, 0.05) is 33.0 Å². The summed E-state index contributed by atoms with van der Waals surface area (Å²) in [6, 6.07) is -1.88. The molecule has 1 heterocycles. The number of urea groups is 1. The zero-order valence-corrected chi connectivity index (χ0v) is 15.1. The average molecular weight is 368 g/mol. The van der Waals surface area contributed by atoms with Gasteiger partial charge < -0.3 is 10.2 Å². The molecule has 1 aliphatic heterocycles. The summed E-state index contributed by atoms with van der Waals surface area (Å²) < 4.78 is 28.6. The number of carbonyl (C=O) groups excluding carboxylic acids is 2. The second-order valence-electron chi connectivity index (χ2n) is 8.19. The predicted molar refractivity (Wildman–Crippen MR) is 90.1 cm³/mol. The number of alkyl halides is 2. The largest absolute Gasteiger partial charge is 0.326 e. The maximum atomic E-state index is 14.3. The molecule has 2 saturated carbocycles. The summed E-state index contributed by atoms with van der Waals surface area (Å²) in [5.74, 6) is -3.83. The smallest absolute Gasteiger partial charge is 0.318 e. The second kappa shape index (κ2) is 7.01. The fourth-order valence-corrected chi connectivity index (χ4v) is 3.71. The Morgan fingerprint density at radius 3 is 2.42 bits per heavy atom. The predicted octanol–water partition coefficient (Wildman–Crippen LogP) is 2.71. The number of nitrogens with one attached hydrogen (secondary N) is 1. The molecular weight excluding hydrogens is 342 g/mol. The Hall–Kier alpha value is -1.91. The molecule has 2 aliphatic carbocycles. The summed E-state index contributed by atoms with van der Waals surface area (Å²) in [4.78, 5) is 27.1. The van der Waals surface area contributed by atoms with Crippen LogP contribution in [0.1, 0.15) is 51.4 Å². The van der Waals surface area contributed by atoms with Crippen molar-refractivity contribution in [3.8, 4) is 6.19 Å². The molecular formula is C18H26F2N4O2. The molecule has 1 spiro atoms. The zero-order valence-electron chi connectivity index (χ0n) is 15.1. The van der Waals surface area contributed by atoms with Crippen molar-refractivity contribution in [2.45, 2.75) is 63.3 Å². The topological polar surface area (TPSA) is 76.4 Å². The average Bonchev–Trinajstić information content (AvgIpc) is 3.52. The van der Waals surface area contributed by atoms with Crippen LogP contribution in [0.5, 0.6) is 0 Å². The van der Waals surface area contributed by atoms with Crippen LogP contribution in [0.15, 0.2) is 0 Å². The molecule has 0 aromatic rings. The van der Waals surface area contributed by atoms with E-state index < -0.39 is 30.3 Å². The van der Waals surface area contributed by atoms with Crippen molar-refractivity contribution in [2.24, 2.45) is 11.3 Å². The monoisotopic (exact) mass is 368 g/mol. The first-order chi connectivity index (χ1) is 12.2. The third-order valence-corrected chi connectivity index (χ3v) is 5.93. The summed E-state index contributed by atoms with van der Waals surface area (Å²) in [5, 5.41) is 11.4. The Balaban J connectivity index is 1.61. The number of piperidine rings is 1. The van der Waals surface area contributed by atoms with Crippen molar-refractivity contribution < 1.29 is 18.4 Å². The Kier molecular flexibility index (Phi) is 5.09. The molecule has 1 saturated heterocycles. The lowest BCUT2D eigenvalue weighted by Crippen LogP contribution is -2.54. The number of hydrogen-bond donors (Lipinski definition) is 1. The molecule has 0 aromatic heterocycles. The fraction of sp³-hybridized carbons (Fsp3) is 0.833. The van der Waals surface area contributed by atoms with E-state index in [0.29, 0.717) is 23.4 Å². The number of nitriles is 1. The Bertz CT molecular complexity index is 601. The van der Waals surface area contributed by atoms with E-state index in [4.69, 9.17) is 5.26 Å². The van der Waals surface area contributed by atoms with Crippen LogP contribution in [0, 0.1) is 22.8 Å². The van der Waals surface area contributed by atoms with E-state index in [1.54, 1.807) is 11.1 Å². The van der Waals surface area contributed by atoms with E-state index in [9.17, 15) is 18.4 Å². The lowest BCUT2D eigenvalue weighted by Gasteiger charge is -2.34. The van der Waals surface area contributed by atoms with Crippen molar-refractivity contribution in [1.82, 2.24) is 15.1 Å². The molecule has 6 nitrogen and oxygen atoms in total.